The average Bonchev–Trinajstić information content (AvgIpc) is 2.36. The van der Waals surface area contributed by atoms with Crippen LogP contribution in [0.3, 0.4) is 0 Å². The van der Waals surface area contributed by atoms with E-state index in [4.69, 9.17) is 15.9 Å². The molecule has 0 aliphatic rings. The third-order valence-corrected chi connectivity index (χ3v) is 2.52. The first-order valence-electron chi connectivity index (χ1n) is 7.53. The first-order chi connectivity index (χ1) is 10.8. The van der Waals surface area contributed by atoms with Crippen molar-refractivity contribution in [1.82, 2.24) is 4.98 Å². The van der Waals surface area contributed by atoms with Crippen LogP contribution in [0.5, 0.6) is 0 Å². The first kappa shape index (κ1) is 19.5. The Morgan fingerprint density at radius 3 is 1.92 bits per heavy atom. The Labute approximate surface area is 143 Å². The number of imide groups is 1. The molecule has 0 spiro atoms. The summed E-state index contributed by atoms with van der Waals surface area (Å²) in [5.74, 6) is 2.44. The maximum absolute atomic E-state index is 12.5. The second-order valence-corrected chi connectivity index (χ2v) is 7.32. The Kier molecular flexibility index (Phi) is 5.62. The van der Waals surface area contributed by atoms with Crippen LogP contribution in [-0.4, -0.2) is 28.4 Å². The van der Waals surface area contributed by atoms with Gasteiger partial charge in [0.15, 0.2) is 5.82 Å². The van der Waals surface area contributed by atoms with Crippen molar-refractivity contribution in [2.24, 2.45) is 0 Å². The summed E-state index contributed by atoms with van der Waals surface area (Å²) in [5.41, 5.74) is -0.483. The van der Waals surface area contributed by atoms with E-state index >= 15 is 0 Å². The smallest absolute Gasteiger partial charge is 0.425 e. The molecule has 0 fully saturated rings. The lowest BCUT2D eigenvalue weighted by atomic mass is 10.2. The summed E-state index contributed by atoms with van der Waals surface area (Å²) in [5, 5.41) is 0. The lowest BCUT2D eigenvalue weighted by Gasteiger charge is -2.28. The average molecular weight is 332 g/mol. The molecule has 1 aromatic heterocycles. The van der Waals surface area contributed by atoms with Gasteiger partial charge >= 0.3 is 12.2 Å². The topological polar surface area (TPSA) is 68.7 Å². The molecular formula is C18H24N2O4. The minimum absolute atomic E-state index is 0.00611. The highest BCUT2D eigenvalue weighted by atomic mass is 16.6. The molecule has 0 atom stereocenters. The molecule has 6 nitrogen and oxygen atoms in total. The van der Waals surface area contributed by atoms with Gasteiger partial charge in [-0.2, -0.15) is 4.90 Å². The number of aromatic nitrogens is 1. The van der Waals surface area contributed by atoms with Crippen LogP contribution in [0.4, 0.5) is 15.4 Å². The van der Waals surface area contributed by atoms with Gasteiger partial charge < -0.3 is 9.47 Å². The highest BCUT2D eigenvalue weighted by Crippen LogP contribution is 2.23. The number of hydrogen-bond donors (Lipinski definition) is 0. The number of pyridine rings is 1. The SMILES string of the molecule is C#Cc1cc(C)cnc1N(C(=O)OC(C)(C)C)C(=O)OC(C)(C)C. The van der Waals surface area contributed by atoms with Gasteiger partial charge in [-0.05, 0) is 60.1 Å². The zero-order valence-corrected chi connectivity index (χ0v) is 15.3. The highest BCUT2D eigenvalue weighted by Gasteiger charge is 2.34. The van der Waals surface area contributed by atoms with Crippen LogP contribution in [0, 0.1) is 19.3 Å². The normalized spacial score (nSPS) is 11.4. The van der Waals surface area contributed by atoms with Crippen LogP contribution in [0.15, 0.2) is 12.3 Å². The molecule has 6 heteroatoms. The van der Waals surface area contributed by atoms with Gasteiger partial charge in [-0.25, -0.2) is 14.6 Å². The number of ether oxygens (including phenoxy) is 2. The minimum Gasteiger partial charge on any atom is -0.443 e. The number of carbonyl (C=O) groups excluding carboxylic acids is 2. The van der Waals surface area contributed by atoms with Gasteiger partial charge in [0.1, 0.15) is 11.2 Å². The monoisotopic (exact) mass is 332 g/mol. The molecule has 1 aromatic rings. The summed E-state index contributed by atoms with van der Waals surface area (Å²) in [4.78, 5) is 29.9. The van der Waals surface area contributed by atoms with Gasteiger partial charge in [0.05, 0.1) is 5.56 Å². The van der Waals surface area contributed by atoms with Crippen molar-refractivity contribution in [3.05, 3.63) is 23.4 Å². The maximum atomic E-state index is 12.5. The summed E-state index contributed by atoms with van der Waals surface area (Å²) in [6, 6.07) is 1.66. The standard InChI is InChI=1S/C18H24N2O4/c1-9-13-10-12(2)11-19-14(13)20(15(21)23-17(3,4)5)16(22)24-18(6,7)8/h1,10-11H,2-8H3. The number of anilines is 1. The predicted octanol–water partition coefficient (Wildman–Crippen LogP) is 4.05. The van der Waals surface area contributed by atoms with Crippen LogP contribution < -0.4 is 4.90 Å². The Balaban J connectivity index is 3.36. The van der Waals surface area contributed by atoms with E-state index in [0.717, 1.165) is 10.5 Å². The third-order valence-electron chi connectivity index (χ3n) is 2.52. The maximum Gasteiger partial charge on any atom is 0.425 e. The van der Waals surface area contributed by atoms with Gasteiger partial charge in [-0.15, -0.1) is 6.42 Å². The van der Waals surface area contributed by atoms with E-state index in [-0.39, 0.29) is 5.82 Å². The summed E-state index contributed by atoms with van der Waals surface area (Å²) >= 11 is 0. The van der Waals surface area contributed by atoms with Crippen LogP contribution in [-0.2, 0) is 9.47 Å². The van der Waals surface area contributed by atoms with E-state index in [2.05, 4.69) is 10.9 Å². The summed E-state index contributed by atoms with van der Waals surface area (Å²) in [6.45, 7) is 12.0. The van der Waals surface area contributed by atoms with Crippen molar-refractivity contribution in [1.29, 1.82) is 0 Å². The molecule has 0 unspecified atom stereocenters. The second kappa shape index (κ2) is 6.91. The fourth-order valence-electron chi connectivity index (χ4n) is 1.71. The van der Waals surface area contributed by atoms with Gasteiger partial charge in [-0.3, -0.25) is 0 Å². The molecule has 0 aliphatic heterocycles. The number of nitrogens with zero attached hydrogens (tertiary/aromatic N) is 2. The van der Waals surface area contributed by atoms with Crippen LogP contribution >= 0.6 is 0 Å². The summed E-state index contributed by atoms with van der Waals surface area (Å²) < 4.78 is 10.6. The molecule has 1 rings (SSSR count). The van der Waals surface area contributed by atoms with Gasteiger partial charge in [0, 0.05) is 6.20 Å². The van der Waals surface area contributed by atoms with Crippen molar-refractivity contribution in [3.63, 3.8) is 0 Å². The number of terminal acetylenes is 1. The zero-order valence-electron chi connectivity index (χ0n) is 15.3. The van der Waals surface area contributed by atoms with E-state index < -0.39 is 23.4 Å². The molecule has 130 valence electrons. The molecular weight excluding hydrogens is 308 g/mol. The quantitative estimate of drug-likeness (QED) is 0.726. The first-order valence-corrected chi connectivity index (χ1v) is 7.53. The lowest BCUT2D eigenvalue weighted by Crippen LogP contribution is -2.44. The summed E-state index contributed by atoms with van der Waals surface area (Å²) in [6.07, 6.45) is 5.21. The van der Waals surface area contributed by atoms with Crippen LogP contribution in [0.2, 0.25) is 0 Å². The molecule has 0 saturated carbocycles. The second-order valence-electron chi connectivity index (χ2n) is 7.32. The molecule has 0 radical (unpaired) electrons. The zero-order chi connectivity index (χ0) is 18.7. The molecule has 0 N–H and O–H groups in total. The van der Waals surface area contributed by atoms with Crippen LogP contribution in [0.1, 0.15) is 52.7 Å². The highest BCUT2D eigenvalue weighted by molar-refractivity contribution is 6.09. The van der Waals surface area contributed by atoms with Crippen LogP contribution in [0.25, 0.3) is 0 Å². The molecule has 2 amide bonds. The number of carbonyl (C=O) groups is 2. The third kappa shape index (κ3) is 5.58. The molecule has 24 heavy (non-hydrogen) atoms. The Morgan fingerprint density at radius 2 is 1.54 bits per heavy atom. The fourth-order valence-corrected chi connectivity index (χ4v) is 1.71. The van der Waals surface area contributed by atoms with Crippen molar-refractivity contribution >= 4 is 18.0 Å². The molecule has 1 heterocycles. The fraction of sp³-hybridized carbons (Fsp3) is 0.500. The van der Waals surface area contributed by atoms with E-state index in [1.165, 1.54) is 6.20 Å². The molecule has 0 aliphatic carbocycles. The molecule has 0 saturated heterocycles. The largest absolute Gasteiger partial charge is 0.443 e. The Hall–Kier alpha value is -2.55. The van der Waals surface area contributed by atoms with Crippen molar-refractivity contribution in [3.8, 4) is 12.3 Å². The van der Waals surface area contributed by atoms with Gasteiger partial charge in [0.2, 0.25) is 0 Å². The van der Waals surface area contributed by atoms with Crippen molar-refractivity contribution in [2.75, 3.05) is 4.90 Å². The van der Waals surface area contributed by atoms with Crippen molar-refractivity contribution in [2.45, 2.75) is 59.7 Å². The van der Waals surface area contributed by atoms with Crippen molar-refractivity contribution < 1.29 is 19.1 Å². The molecule has 0 aromatic carbocycles. The summed E-state index contributed by atoms with van der Waals surface area (Å²) in [7, 11) is 0. The number of aryl methyl sites for hydroxylation is 1. The molecule has 0 bridgehead atoms. The lowest BCUT2D eigenvalue weighted by molar-refractivity contribution is 0.0429. The van der Waals surface area contributed by atoms with E-state index in [1.54, 1.807) is 47.6 Å². The van der Waals surface area contributed by atoms with E-state index in [1.807, 2.05) is 6.92 Å². The number of amides is 2. The minimum atomic E-state index is -0.899. The Morgan fingerprint density at radius 1 is 1.08 bits per heavy atom. The van der Waals surface area contributed by atoms with Gasteiger partial charge in [-0.1, -0.05) is 5.92 Å². The number of rotatable bonds is 1. The van der Waals surface area contributed by atoms with E-state index in [0.29, 0.717) is 5.56 Å². The van der Waals surface area contributed by atoms with Gasteiger partial charge in [0.25, 0.3) is 0 Å². The predicted molar refractivity (Wildman–Crippen MR) is 91.9 cm³/mol. The number of hydrogen-bond acceptors (Lipinski definition) is 5. The Bertz CT molecular complexity index is 648. The van der Waals surface area contributed by atoms with E-state index in [9.17, 15) is 9.59 Å².